The van der Waals surface area contributed by atoms with Crippen molar-refractivity contribution in [1.82, 2.24) is 0 Å². The second kappa shape index (κ2) is 9.83. The minimum absolute atomic E-state index is 0.0525. The molecule has 4 rings (SSSR count). The number of hydrogen-bond acceptors (Lipinski definition) is 4. The van der Waals surface area contributed by atoms with Crippen LogP contribution in [0, 0.1) is 0 Å². The molecular formula is C25H26N2O3. The van der Waals surface area contributed by atoms with Crippen LogP contribution in [0.5, 0.6) is 11.5 Å². The van der Waals surface area contributed by atoms with Gasteiger partial charge in [-0.05, 0) is 48.7 Å². The van der Waals surface area contributed by atoms with E-state index in [2.05, 4.69) is 28.4 Å². The van der Waals surface area contributed by atoms with Crippen LogP contribution in [-0.4, -0.2) is 32.2 Å². The molecule has 0 saturated heterocycles. The number of fused-ring (bicyclic) bond motifs is 1. The molecule has 5 heteroatoms. The molecule has 0 spiro atoms. The van der Waals surface area contributed by atoms with Crippen molar-refractivity contribution in [3.8, 4) is 11.5 Å². The van der Waals surface area contributed by atoms with Crippen LogP contribution in [0.1, 0.15) is 12.0 Å². The van der Waals surface area contributed by atoms with Gasteiger partial charge >= 0.3 is 0 Å². The topological polar surface area (TPSA) is 50.8 Å². The lowest BCUT2D eigenvalue weighted by Gasteiger charge is -2.30. The summed E-state index contributed by atoms with van der Waals surface area (Å²) >= 11 is 0. The van der Waals surface area contributed by atoms with Gasteiger partial charge < -0.3 is 19.7 Å². The largest absolute Gasteiger partial charge is 0.490 e. The van der Waals surface area contributed by atoms with Crippen LogP contribution in [0.15, 0.2) is 78.9 Å². The fraction of sp³-hybridized carbons (Fsp3) is 0.240. The molecule has 0 atom stereocenters. The van der Waals surface area contributed by atoms with Crippen molar-refractivity contribution in [3.05, 3.63) is 84.4 Å². The molecule has 1 N–H and O–H groups in total. The number of anilines is 2. The van der Waals surface area contributed by atoms with Crippen molar-refractivity contribution < 1.29 is 14.3 Å². The first-order valence-electron chi connectivity index (χ1n) is 10.3. The van der Waals surface area contributed by atoms with Gasteiger partial charge in [0.05, 0.1) is 12.2 Å². The molecule has 0 aromatic heterocycles. The van der Waals surface area contributed by atoms with Gasteiger partial charge in [0.1, 0.15) is 24.7 Å². The summed E-state index contributed by atoms with van der Waals surface area (Å²) in [6, 6.07) is 25.4. The highest BCUT2D eigenvalue weighted by molar-refractivity contribution is 5.95. The third-order valence-corrected chi connectivity index (χ3v) is 5.05. The van der Waals surface area contributed by atoms with Gasteiger partial charge in [0.2, 0.25) is 5.91 Å². The highest BCUT2D eigenvalue weighted by Gasteiger charge is 2.19. The lowest BCUT2D eigenvalue weighted by atomic mass is 10.0. The van der Waals surface area contributed by atoms with E-state index in [0.717, 1.165) is 30.8 Å². The lowest BCUT2D eigenvalue weighted by Crippen LogP contribution is -2.36. The summed E-state index contributed by atoms with van der Waals surface area (Å²) in [6.45, 7) is 2.03. The van der Waals surface area contributed by atoms with Gasteiger partial charge in [-0.15, -0.1) is 0 Å². The first kappa shape index (κ1) is 19.8. The molecule has 0 fully saturated rings. The van der Waals surface area contributed by atoms with Crippen molar-refractivity contribution in [1.29, 1.82) is 0 Å². The number of carbonyl (C=O) groups excluding carboxylic acids is 1. The second-order valence-electron chi connectivity index (χ2n) is 7.21. The van der Waals surface area contributed by atoms with Crippen LogP contribution < -0.4 is 19.7 Å². The third-order valence-electron chi connectivity index (χ3n) is 5.05. The standard InChI is InChI=1S/C25H26N2O3/c28-25(19-27-16-8-10-20-9-4-6-14-23(20)27)26-22-13-5-7-15-24(22)30-18-17-29-21-11-2-1-3-12-21/h1-7,9,11-15H,8,10,16-19H2,(H,26,28). The van der Waals surface area contributed by atoms with E-state index in [1.54, 1.807) is 0 Å². The summed E-state index contributed by atoms with van der Waals surface area (Å²) in [6.07, 6.45) is 2.13. The van der Waals surface area contributed by atoms with E-state index in [0.29, 0.717) is 31.2 Å². The second-order valence-corrected chi connectivity index (χ2v) is 7.21. The third kappa shape index (κ3) is 5.11. The van der Waals surface area contributed by atoms with Gasteiger partial charge in [0, 0.05) is 12.2 Å². The fourth-order valence-electron chi connectivity index (χ4n) is 3.66. The maximum atomic E-state index is 12.7. The molecule has 3 aromatic rings. The van der Waals surface area contributed by atoms with Crippen molar-refractivity contribution >= 4 is 17.3 Å². The number of aryl methyl sites for hydroxylation is 1. The Morgan fingerprint density at radius 2 is 1.60 bits per heavy atom. The monoisotopic (exact) mass is 402 g/mol. The maximum absolute atomic E-state index is 12.7. The molecule has 3 aromatic carbocycles. The van der Waals surface area contributed by atoms with Gasteiger partial charge in [0.25, 0.3) is 0 Å². The molecule has 1 amide bonds. The first-order valence-corrected chi connectivity index (χ1v) is 10.3. The van der Waals surface area contributed by atoms with Gasteiger partial charge in [-0.1, -0.05) is 48.5 Å². The van der Waals surface area contributed by atoms with E-state index >= 15 is 0 Å². The Balaban J connectivity index is 1.32. The molecule has 0 saturated carbocycles. The molecule has 1 aliphatic rings. The van der Waals surface area contributed by atoms with Crippen LogP contribution in [0.3, 0.4) is 0 Å². The zero-order chi connectivity index (χ0) is 20.6. The van der Waals surface area contributed by atoms with E-state index in [1.165, 1.54) is 5.56 Å². The zero-order valence-electron chi connectivity index (χ0n) is 16.9. The number of para-hydroxylation sites is 4. The number of nitrogens with zero attached hydrogens (tertiary/aromatic N) is 1. The minimum Gasteiger partial charge on any atom is -0.490 e. The maximum Gasteiger partial charge on any atom is 0.243 e. The summed E-state index contributed by atoms with van der Waals surface area (Å²) in [5.41, 5.74) is 3.13. The van der Waals surface area contributed by atoms with E-state index < -0.39 is 0 Å². The number of hydrogen-bond donors (Lipinski definition) is 1. The number of nitrogens with one attached hydrogen (secondary N) is 1. The Hall–Kier alpha value is -3.47. The molecule has 0 unspecified atom stereocenters. The number of rotatable bonds is 8. The summed E-state index contributed by atoms with van der Waals surface area (Å²) in [4.78, 5) is 14.9. The number of ether oxygens (including phenoxy) is 2. The SMILES string of the molecule is O=C(CN1CCCc2ccccc21)Nc1ccccc1OCCOc1ccccc1. The highest BCUT2D eigenvalue weighted by Crippen LogP contribution is 2.27. The molecular weight excluding hydrogens is 376 g/mol. The van der Waals surface area contributed by atoms with E-state index in [9.17, 15) is 4.79 Å². The van der Waals surface area contributed by atoms with E-state index in [-0.39, 0.29) is 5.91 Å². The van der Waals surface area contributed by atoms with Crippen LogP contribution >= 0.6 is 0 Å². The number of carbonyl (C=O) groups is 1. The van der Waals surface area contributed by atoms with Crippen molar-refractivity contribution in [2.24, 2.45) is 0 Å². The number of benzene rings is 3. The summed E-state index contributed by atoms with van der Waals surface area (Å²) < 4.78 is 11.5. The molecule has 154 valence electrons. The first-order chi connectivity index (χ1) is 14.8. The molecule has 5 nitrogen and oxygen atoms in total. The Bertz CT molecular complexity index is 975. The molecule has 1 aliphatic heterocycles. The molecule has 1 heterocycles. The van der Waals surface area contributed by atoms with Gasteiger partial charge in [-0.25, -0.2) is 0 Å². The Labute approximate surface area is 177 Å². The number of amides is 1. The molecule has 0 aliphatic carbocycles. The van der Waals surface area contributed by atoms with Crippen molar-refractivity contribution in [3.63, 3.8) is 0 Å². The van der Waals surface area contributed by atoms with Gasteiger partial charge in [0.15, 0.2) is 0 Å². The summed E-state index contributed by atoms with van der Waals surface area (Å²) in [5.74, 6) is 1.40. The predicted molar refractivity (Wildman–Crippen MR) is 119 cm³/mol. The molecule has 0 bridgehead atoms. The normalized spacial score (nSPS) is 12.7. The van der Waals surface area contributed by atoms with Crippen LogP contribution in [0.25, 0.3) is 0 Å². The molecule has 30 heavy (non-hydrogen) atoms. The lowest BCUT2D eigenvalue weighted by molar-refractivity contribution is -0.115. The van der Waals surface area contributed by atoms with E-state index in [4.69, 9.17) is 9.47 Å². The van der Waals surface area contributed by atoms with E-state index in [1.807, 2.05) is 60.7 Å². The zero-order valence-corrected chi connectivity index (χ0v) is 16.9. The van der Waals surface area contributed by atoms with Crippen LogP contribution in [0.2, 0.25) is 0 Å². The minimum atomic E-state index is -0.0525. The predicted octanol–water partition coefficient (Wildman–Crippen LogP) is 4.54. The smallest absolute Gasteiger partial charge is 0.243 e. The Morgan fingerprint density at radius 1 is 0.867 bits per heavy atom. The average molecular weight is 402 g/mol. The summed E-state index contributed by atoms with van der Waals surface area (Å²) in [7, 11) is 0. The van der Waals surface area contributed by atoms with Gasteiger partial charge in [-0.2, -0.15) is 0 Å². The fourth-order valence-corrected chi connectivity index (χ4v) is 3.66. The van der Waals surface area contributed by atoms with Crippen LogP contribution in [-0.2, 0) is 11.2 Å². The Kier molecular flexibility index (Phi) is 6.50. The quantitative estimate of drug-likeness (QED) is 0.562. The molecule has 0 radical (unpaired) electrons. The van der Waals surface area contributed by atoms with Crippen LogP contribution in [0.4, 0.5) is 11.4 Å². The Morgan fingerprint density at radius 3 is 2.50 bits per heavy atom. The van der Waals surface area contributed by atoms with Crippen molar-refractivity contribution in [2.75, 3.05) is 36.5 Å². The summed E-state index contributed by atoms with van der Waals surface area (Å²) in [5, 5.41) is 3.00. The van der Waals surface area contributed by atoms with Crippen molar-refractivity contribution in [2.45, 2.75) is 12.8 Å². The van der Waals surface area contributed by atoms with Gasteiger partial charge in [-0.3, -0.25) is 4.79 Å². The highest BCUT2D eigenvalue weighted by atomic mass is 16.5. The average Bonchev–Trinajstić information content (AvgIpc) is 2.79.